The smallest absolute Gasteiger partial charge is 0.250 e. The minimum Gasteiger partial charge on any atom is -0.477 e. The molecule has 5 heteroatoms. The summed E-state index contributed by atoms with van der Waals surface area (Å²) >= 11 is 0. The summed E-state index contributed by atoms with van der Waals surface area (Å²) in [5.74, 6) is 0.919. The summed E-state index contributed by atoms with van der Waals surface area (Å²) < 4.78 is 5.65. The summed E-state index contributed by atoms with van der Waals surface area (Å²) in [5, 5.41) is 10.5. The molecule has 1 aromatic rings. The van der Waals surface area contributed by atoms with Gasteiger partial charge in [0.05, 0.1) is 23.5 Å². The van der Waals surface area contributed by atoms with E-state index in [0.717, 1.165) is 12.8 Å². The van der Waals surface area contributed by atoms with Crippen molar-refractivity contribution in [2.45, 2.75) is 44.6 Å². The molecule has 1 heterocycles. The van der Waals surface area contributed by atoms with Crippen molar-refractivity contribution < 1.29 is 14.6 Å². The van der Waals surface area contributed by atoms with Crippen molar-refractivity contribution in [3.05, 3.63) is 23.4 Å². The van der Waals surface area contributed by atoms with Gasteiger partial charge in [0.15, 0.2) is 0 Å². The Balaban J connectivity index is 1.79. The van der Waals surface area contributed by atoms with Gasteiger partial charge in [-0.15, -0.1) is 0 Å². The average Bonchev–Trinajstić information content (AvgIpc) is 3.28. The van der Waals surface area contributed by atoms with Crippen LogP contribution in [0, 0.1) is 11.8 Å². The van der Waals surface area contributed by atoms with Crippen LogP contribution in [0.25, 0.3) is 0 Å². The van der Waals surface area contributed by atoms with Crippen LogP contribution in [-0.4, -0.2) is 28.2 Å². The summed E-state index contributed by atoms with van der Waals surface area (Å²) in [7, 11) is 0. The summed E-state index contributed by atoms with van der Waals surface area (Å²) in [4.78, 5) is 15.9. The van der Waals surface area contributed by atoms with Crippen molar-refractivity contribution >= 4 is 5.91 Å². The zero-order valence-corrected chi connectivity index (χ0v) is 12.3. The zero-order chi connectivity index (χ0) is 15.0. The number of amides is 1. The Bertz CT molecular complexity index is 548. The van der Waals surface area contributed by atoms with Gasteiger partial charge in [0.25, 0.3) is 5.91 Å². The number of pyridine rings is 1. The van der Waals surface area contributed by atoms with Gasteiger partial charge in [0.2, 0.25) is 5.88 Å². The Morgan fingerprint density at radius 2 is 2.14 bits per heavy atom. The molecule has 1 atom stereocenters. The third kappa shape index (κ3) is 3.53. The van der Waals surface area contributed by atoms with Crippen LogP contribution >= 0.6 is 0 Å². The van der Waals surface area contributed by atoms with Crippen LogP contribution in [0.4, 0.5) is 0 Å². The van der Waals surface area contributed by atoms with E-state index in [-0.39, 0.29) is 5.92 Å². The first-order valence-corrected chi connectivity index (χ1v) is 7.60. The molecule has 0 saturated heterocycles. The Kier molecular flexibility index (Phi) is 3.61. The topological polar surface area (TPSA) is 85.4 Å². The lowest BCUT2D eigenvalue weighted by Gasteiger charge is -2.23. The largest absolute Gasteiger partial charge is 0.477 e. The van der Waals surface area contributed by atoms with E-state index in [4.69, 9.17) is 10.5 Å². The molecule has 2 aliphatic rings. The second kappa shape index (κ2) is 5.30. The Hall–Kier alpha value is -1.62. The summed E-state index contributed by atoms with van der Waals surface area (Å²) in [6, 6.07) is 3.33. The van der Waals surface area contributed by atoms with Gasteiger partial charge in [0.1, 0.15) is 0 Å². The highest BCUT2D eigenvalue weighted by Gasteiger charge is 2.40. The summed E-state index contributed by atoms with van der Waals surface area (Å²) in [5.41, 5.74) is 5.47. The quantitative estimate of drug-likeness (QED) is 0.800. The number of ether oxygens (including phenoxy) is 1. The van der Waals surface area contributed by atoms with E-state index in [1.807, 2.05) is 0 Å². The predicted molar refractivity (Wildman–Crippen MR) is 78.0 cm³/mol. The van der Waals surface area contributed by atoms with Crippen LogP contribution < -0.4 is 10.5 Å². The number of nitrogens with two attached hydrogens (primary N) is 1. The van der Waals surface area contributed by atoms with Gasteiger partial charge in [-0.1, -0.05) is 0 Å². The highest BCUT2D eigenvalue weighted by molar-refractivity contribution is 5.94. The molecule has 21 heavy (non-hydrogen) atoms. The molecule has 0 aliphatic heterocycles. The first-order chi connectivity index (χ1) is 9.95. The molecule has 114 valence electrons. The van der Waals surface area contributed by atoms with Crippen LogP contribution in [-0.2, 0) is 6.42 Å². The van der Waals surface area contributed by atoms with Gasteiger partial charge < -0.3 is 15.6 Å². The average molecular weight is 290 g/mol. The second-order valence-corrected chi connectivity index (χ2v) is 6.57. The number of carbonyl (C=O) groups excluding carboxylic acids is 1. The molecule has 2 saturated carbocycles. The number of aromatic nitrogens is 1. The number of hydrogen-bond donors (Lipinski definition) is 2. The van der Waals surface area contributed by atoms with Crippen LogP contribution in [0.5, 0.6) is 5.88 Å². The molecule has 2 aliphatic carbocycles. The standard InChI is InChI=1S/C16H22N2O3/c1-16(20,11-4-5-11)8-13-12(15(17)19)6-7-14(18-13)21-9-10-2-3-10/h6-7,10-11,20H,2-5,8-9H2,1H3,(H2,17,19)/t16-/m1/s1. The van der Waals surface area contributed by atoms with Gasteiger partial charge >= 0.3 is 0 Å². The molecule has 0 radical (unpaired) electrons. The lowest BCUT2D eigenvalue weighted by atomic mass is 9.92. The number of carbonyl (C=O) groups is 1. The Labute approximate surface area is 124 Å². The number of hydrogen-bond acceptors (Lipinski definition) is 4. The molecule has 2 fully saturated rings. The lowest BCUT2D eigenvalue weighted by molar-refractivity contribution is 0.0359. The first-order valence-electron chi connectivity index (χ1n) is 7.60. The van der Waals surface area contributed by atoms with Gasteiger partial charge in [-0.25, -0.2) is 4.98 Å². The maximum Gasteiger partial charge on any atom is 0.250 e. The maximum atomic E-state index is 11.5. The number of rotatable bonds is 7. The molecular formula is C16H22N2O3. The van der Waals surface area contributed by atoms with E-state index in [0.29, 0.717) is 36.1 Å². The monoisotopic (exact) mass is 290 g/mol. The van der Waals surface area contributed by atoms with E-state index in [2.05, 4.69) is 4.98 Å². The zero-order valence-electron chi connectivity index (χ0n) is 12.3. The van der Waals surface area contributed by atoms with Crippen LogP contribution in [0.15, 0.2) is 12.1 Å². The van der Waals surface area contributed by atoms with E-state index in [9.17, 15) is 9.90 Å². The van der Waals surface area contributed by atoms with Crippen molar-refractivity contribution in [3.63, 3.8) is 0 Å². The molecule has 3 rings (SSSR count). The van der Waals surface area contributed by atoms with E-state index in [1.165, 1.54) is 12.8 Å². The lowest BCUT2D eigenvalue weighted by Crippen LogP contribution is -2.31. The maximum absolute atomic E-state index is 11.5. The fourth-order valence-corrected chi connectivity index (χ4v) is 2.60. The molecule has 1 amide bonds. The Morgan fingerprint density at radius 3 is 2.71 bits per heavy atom. The highest BCUT2D eigenvalue weighted by Crippen LogP contribution is 2.41. The van der Waals surface area contributed by atoms with Crippen molar-refractivity contribution in [1.29, 1.82) is 0 Å². The fraction of sp³-hybridized carbons (Fsp3) is 0.625. The third-order valence-corrected chi connectivity index (χ3v) is 4.36. The van der Waals surface area contributed by atoms with E-state index in [1.54, 1.807) is 19.1 Å². The normalized spacial score (nSPS) is 20.9. The van der Waals surface area contributed by atoms with E-state index >= 15 is 0 Å². The van der Waals surface area contributed by atoms with E-state index < -0.39 is 11.5 Å². The van der Waals surface area contributed by atoms with Crippen molar-refractivity contribution in [1.82, 2.24) is 4.98 Å². The summed E-state index contributed by atoms with van der Waals surface area (Å²) in [6.45, 7) is 2.47. The minimum absolute atomic E-state index is 0.288. The fourth-order valence-electron chi connectivity index (χ4n) is 2.60. The van der Waals surface area contributed by atoms with Gasteiger partial charge in [-0.05, 0) is 50.5 Å². The molecule has 5 nitrogen and oxygen atoms in total. The van der Waals surface area contributed by atoms with Crippen molar-refractivity contribution in [2.75, 3.05) is 6.61 Å². The van der Waals surface area contributed by atoms with Crippen LogP contribution in [0.1, 0.15) is 48.7 Å². The SMILES string of the molecule is C[C@@](O)(Cc1nc(OCC2CC2)ccc1C(N)=O)C1CC1. The van der Waals surface area contributed by atoms with Gasteiger partial charge in [-0.3, -0.25) is 4.79 Å². The minimum atomic E-state index is -0.841. The highest BCUT2D eigenvalue weighted by atomic mass is 16.5. The molecule has 0 bridgehead atoms. The third-order valence-electron chi connectivity index (χ3n) is 4.36. The molecule has 1 aromatic heterocycles. The number of nitrogens with zero attached hydrogens (tertiary/aromatic N) is 1. The summed E-state index contributed by atoms with van der Waals surface area (Å²) in [6.07, 6.45) is 4.80. The van der Waals surface area contributed by atoms with Gasteiger partial charge in [0, 0.05) is 12.5 Å². The number of aliphatic hydroxyl groups is 1. The predicted octanol–water partition coefficient (Wildman–Crippen LogP) is 1.67. The Morgan fingerprint density at radius 1 is 1.43 bits per heavy atom. The van der Waals surface area contributed by atoms with Gasteiger partial charge in [-0.2, -0.15) is 0 Å². The molecule has 0 unspecified atom stereocenters. The molecule has 0 aromatic carbocycles. The first kappa shape index (κ1) is 14.3. The molecule has 3 N–H and O–H groups in total. The van der Waals surface area contributed by atoms with Crippen LogP contribution in [0.3, 0.4) is 0 Å². The molecule has 0 spiro atoms. The van der Waals surface area contributed by atoms with Crippen LogP contribution in [0.2, 0.25) is 0 Å². The second-order valence-electron chi connectivity index (χ2n) is 6.57. The van der Waals surface area contributed by atoms with Crippen molar-refractivity contribution in [2.24, 2.45) is 17.6 Å². The number of primary amides is 1. The molecular weight excluding hydrogens is 268 g/mol. The van der Waals surface area contributed by atoms with Crippen molar-refractivity contribution in [3.8, 4) is 5.88 Å².